The summed E-state index contributed by atoms with van der Waals surface area (Å²) in [5, 5.41) is 13.0. The number of benzene rings is 1. The third-order valence-electron chi connectivity index (χ3n) is 9.15. The number of hydrogen-bond acceptors (Lipinski definition) is 6. The number of ether oxygens (including phenoxy) is 2. The van der Waals surface area contributed by atoms with Gasteiger partial charge in [-0.1, -0.05) is 12.1 Å². The molecule has 4 bridgehead atoms. The van der Waals surface area contributed by atoms with Crippen molar-refractivity contribution in [3.8, 4) is 5.75 Å². The Kier molecular flexibility index (Phi) is 5.97. The average molecular weight is 472 g/mol. The van der Waals surface area contributed by atoms with Crippen molar-refractivity contribution in [1.82, 2.24) is 5.32 Å². The van der Waals surface area contributed by atoms with E-state index in [0.29, 0.717) is 37.5 Å². The van der Waals surface area contributed by atoms with Gasteiger partial charge in [-0.3, -0.25) is 0 Å². The van der Waals surface area contributed by atoms with Crippen molar-refractivity contribution in [3.05, 3.63) is 29.8 Å². The molecule has 6 fully saturated rings. The minimum absolute atomic E-state index is 0.457. The van der Waals surface area contributed by atoms with Crippen LogP contribution in [0.5, 0.6) is 5.75 Å². The highest BCUT2D eigenvalue weighted by atomic mass is 17.3. The molecule has 2 N–H and O–H groups in total. The summed E-state index contributed by atoms with van der Waals surface area (Å²) in [6.45, 7) is 5.45. The molecule has 6 nitrogen and oxygen atoms in total. The number of nitrogens with one attached hydrogen (secondary N) is 1. The molecule has 0 aromatic heterocycles. The summed E-state index contributed by atoms with van der Waals surface area (Å²) < 4.78 is 12.7. The summed E-state index contributed by atoms with van der Waals surface area (Å²) in [5.41, 5.74) is 0.669. The summed E-state index contributed by atoms with van der Waals surface area (Å²) >= 11 is 0. The second-order valence-electron chi connectivity index (χ2n) is 12.4. The van der Waals surface area contributed by atoms with Crippen LogP contribution in [0.25, 0.3) is 0 Å². The average Bonchev–Trinajstić information content (AvgIpc) is 3.17. The van der Waals surface area contributed by atoms with Gasteiger partial charge >= 0.3 is 0 Å². The molecule has 0 amide bonds. The van der Waals surface area contributed by atoms with Gasteiger partial charge in [0.25, 0.3) is 0 Å². The van der Waals surface area contributed by atoms with E-state index >= 15 is 0 Å². The molecule has 6 aliphatic rings. The van der Waals surface area contributed by atoms with E-state index in [1.807, 2.05) is 0 Å². The molecule has 5 saturated carbocycles. The van der Waals surface area contributed by atoms with Crippen LogP contribution in [0.2, 0.25) is 0 Å². The Morgan fingerprint density at radius 2 is 1.62 bits per heavy atom. The number of aliphatic hydroxyl groups is 1. The fraction of sp³-hybridized carbons (Fsp3) is 0.786. The van der Waals surface area contributed by atoms with Gasteiger partial charge in [-0.15, -0.1) is 0 Å². The maximum atomic E-state index is 9.74. The topological polar surface area (TPSA) is 69.2 Å². The van der Waals surface area contributed by atoms with Gasteiger partial charge < -0.3 is 19.9 Å². The lowest BCUT2D eigenvalue weighted by Gasteiger charge is -2.57. The van der Waals surface area contributed by atoms with Crippen molar-refractivity contribution in [2.45, 2.75) is 94.7 Å². The lowest BCUT2D eigenvalue weighted by molar-refractivity contribution is -0.390. The van der Waals surface area contributed by atoms with Gasteiger partial charge in [0.05, 0.1) is 5.60 Å². The third-order valence-corrected chi connectivity index (χ3v) is 9.15. The predicted molar refractivity (Wildman–Crippen MR) is 128 cm³/mol. The number of hydrogen-bond donors (Lipinski definition) is 2. The molecule has 7 rings (SSSR count). The van der Waals surface area contributed by atoms with Crippen LogP contribution in [0.4, 0.5) is 0 Å². The Morgan fingerprint density at radius 1 is 0.971 bits per heavy atom. The largest absolute Gasteiger partial charge is 0.492 e. The fourth-order valence-corrected chi connectivity index (χ4v) is 7.66. The second-order valence-corrected chi connectivity index (χ2v) is 12.4. The van der Waals surface area contributed by atoms with Crippen LogP contribution in [0.1, 0.15) is 83.1 Å². The quantitative estimate of drug-likeness (QED) is 0.435. The Morgan fingerprint density at radius 3 is 2.24 bits per heavy atom. The molecule has 0 unspecified atom stereocenters. The lowest BCUT2D eigenvalue weighted by Crippen LogP contribution is -2.59. The highest BCUT2D eigenvalue weighted by Crippen LogP contribution is 2.64. The van der Waals surface area contributed by atoms with Crippen LogP contribution in [-0.4, -0.2) is 42.0 Å². The van der Waals surface area contributed by atoms with E-state index in [2.05, 4.69) is 29.6 Å². The first-order chi connectivity index (χ1) is 16.3. The van der Waals surface area contributed by atoms with E-state index < -0.39 is 17.2 Å². The van der Waals surface area contributed by atoms with Crippen molar-refractivity contribution < 1.29 is 24.4 Å². The summed E-state index contributed by atoms with van der Waals surface area (Å²) in [6, 6.07) is 8.55. The van der Waals surface area contributed by atoms with Gasteiger partial charge in [-0.2, -0.15) is 9.78 Å². The minimum Gasteiger partial charge on any atom is -0.492 e. The van der Waals surface area contributed by atoms with Crippen LogP contribution < -0.4 is 10.1 Å². The smallest absolute Gasteiger partial charge is 0.210 e. The van der Waals surface area contributed by atoms with Crippen LogP contribution in [0, 0.1) is 23.7 Å². The predicted octanol–water partition coefficient (Wildman–Crippen LogP) is 4.91. The molecule has 188 valence electrons. The van der Waals surface area contributed by atoms with Crippen LogP contribution >= 0.6 is 0 Å². The van der Waals surface area contributed by atoms with E-state index in [0.717, 1.165) is 43.3 Å². The third kappa shape index (κ3) is 4.41. The van der Waals surface area contributed by atoms with Crippen molar-refractivity contribution in [1.29, 1.82) is 0 Å². The zero-order valence-corrected chi connectivity index (χ0v) is 20.8. The normalized spacial score (nSPS) is 41.0. The molecule has 1 aliphatic heterocycles. The standard InChI is InChI=1S/C28H41NO5/c1-26(2,30)18-29-11-12-31-25-5-3-21(4-6-25)22-7-9-27(10-8-22)32-28(34-33-27)23-14-19-13-20(16-23)17-24(28)15-19/h3-6,19-20,22-24,29-30H,7-18H2,1-2H3. The molecule has 1 aromatic rings. The van der Waals surface area contributed by atoms with E-state index in [1.54, 1.807) is 13.8 Å². The molecule has 2 spiro atoms. The number of rotatable bonds is 7. The van der Waals surface area contributed by atoms with Gasteiger partial charge in [-0.05, 0) is 94.2 Å². The van der Waals surface area contributed by atoms with Gasteiger partial charge in [0, 0.05) is 37.8 Å². The Hall–Kier alpha value is -1.18. The van der Waals surface area contributed by atoms with Gasteiger partial charge in [0.2, 0.25) is 11.6 Å². The fourth-order valence-electron chi connectivity index (χ4n) is 7.66. The van der Waals surface area contributed by atoms with Crippen molar-refractivity contribution in [2.24, 2.45) is 23.7 Å². The summed E-state index contributed by atoms with van der Waals surface area (Å²) in [4.78, 5) is 12.3. The highest BCUT2D eigenvalue weighted by Gasteiger charge is 2.66. The maximum Gasteiger partial charge on any atom is 0.210 e. The van der Waals surface area contributed by atoms with Crippen LogP contribution in [0.3, 0.4) is 0 Å². The second kappa shape index (κ2) is 8.74. The van der Waals surface area contributed by atoms with Gasteiger partial charge in [0.15, 0.2) is 0 Å². The molecule has 0 radical (unpaired) electrons. The highest BCUT2D eigenvalue weighted by molar-refractivity contribution is 5.30. The van der Waals surface area contributed by atoms with Crippen molar-refractivity contribution >= 4 is 0 Å². The summed E-state index contributed by atoms with van der Waals surface area (Å²) in [7, 11) is 0. The molecule has 0 atom stereocenters. The first-order valence-electron chi connectivity index (χ1n) is 13.6. The molecule has 6 heteroatoms. The van der Waals surface area contributed by atoms with Gasteiger partial charge in [0.1, 0.15) is 12.4 Å². The van der Waals surface area contributed by atoms with E-state index in [1.165, 1.54) is 37.7 Å². The Bertz CT molecular complexity index is 827. The Labute approximate surface area is 203 Å². The first-order valence-corrected chi connectivity index (χ1v) is 13.6. The maximum absolute atomic E-state index is 9.74. The molecular weight excluding hydrogens is 430 g/mol. The van der Waals surface area contributed by atoms with Gasteiger partial charge in [-0.25, -0.2) is 0 Å². The molecule has 1 aromatic carbocycles. The molecular formula is C28H41NO5. The molecule has 34 heavy (non-hydrogen) atoms. The van der Waals surface area contributed by atoms with Crippen molar-refractivity contribution in [3.63, 3.8) is 0 Å². The monoisotopic (exact) mass is 471 g/mol. The minimum atomic E-state index is -0.697. The van der Waals surface area contributed by atoms with E-state index in [9.17, 15) is 5.11 Å². The first kappa shape index (κ1) is 23.2. The molecule has 5 aliphatic carbocycles. The van der Waals surface area contributed by atoms with E-state index in [4.69, 9.17) is 19.2 Å². The lowest BCUT2D eigenvalue weighted by atomic mass is 9.53. The molecule has 1 heterocycles. The Balaban J connectivity index is 0.999. The summed E-state index contributed by atoms with van der Waals surface area (Å²) in [5.74, 6) is 3.26. The zero-order valence-electron chi connectivity index (χ0n) is 20.8. The van der Waals surface area contributed by atoms with Crippen LogP contribution in [0.15, 0.2) is 24.3 Å². The van der Waals surface area contributed by atoms with Crippen molar-refractivity contribution in [2.75, 3.05) is 19.7 Å². The zero-order chi connectivity index (χ0) is 23.4. The summed E-state index contributed by atoms with van der Waals surface area (Å²) in [6.07, 6.45) is 10.4. The molecule has 1 saturated heterocycles. The van der Waals surface area contributed by atoms with E-state index in [-0.39, 0.29) is 0 Å². The van der Waals surface area contributed by atoms with Crippen LogP contribution in [-0.2, 0) is 14.5 Å². The SMILES string of the molecule is CC(C)(O)CNCCOc1ccc(C2CCC3(CC2)OOC2(O3)C3CC4CC(C3)CC2C4)cc1.